The Morgan fingerprint density at radius 2 is 1.94 bits per heavy atom. The molecule has 18 heavy (non-hydrogen) atoms. The van der Waals surface area contributed by atoms with Crippen LogP contribution in [0.3, 0.4) is 0 Å². The number of carbonyl (C=O) groups is 1. The number of methoxy groups -OCH3 is 2. The molecule has 1 aromatic carbocycles. The fourth-order valence-electron chi connectivity index (χ4n) is 1.79. The molecule has 0 heterocycles. The summed E-state index contributed by atoms with van der Waals surface area (Å²) in [5, 5.41) is 17.9. The average molecular weight is 254 g/mol. The molecule has 1 unspecified atom stereocenters. The van der Waals surface area contributed by atoms with Crippen LogP contribution in [-0.2, 0) is 11.2 Å². The number of carboxylic acids is 1. The summed E-state index contributed by atoms with van der Waals surface area (Å²) >= 11 is 0. The molecule has 100 valence electrons. The second-order valence-corrected chi connectivity index (χ2v) is 4.04. The van der Waals surface area contributed by atoms with Gasteiger partial charge in [0, 0.05) is 6.61 Å². The first kappa shape index (κ1) is 14.3. The average Bonchev–Trinajstić information content (AvgIpc) is 2.37. The summed E-state index contributed by atoms with van der Waals surface area (Å²) in [5.41, 5.74) is 0.910. The predicted octanol–water partition coefficient (Wildman–Crippen LogP) is 1.33. The molecule has 0 aromatic heterocycles. The fraction of sp³-hybridized carbons (Fsp3) is 0.462. The van der Waals surface area contributed by atoms with Crippen LogP contribution in [0.5, 0.6) is 11.5 Å². The van der Waals surface area contributed by atoms with Crippen LogP contribution in [0.4, 0.5) is 0 Å². The lowest BCUT2D eigenvalue weighted by Crippen LogP contribution is -2.14. The van der Waals surface area contributed by atoms with E-state index >= 15 is 0 Å². The van der Waals surface area contributed by atoms with E-state index in [0.717, 1.165) is 5.56 Å². The second-order valence-electron chi connectivity index (χ2n) is 4.04. The van der Waals surface area contributed by atoms with Crippen LogP contribution in [0.1, 0.15) is 12.0 Å². The van der Waals surface area contributed by atoms with E-state index in [-0.39, 0.29) is 18.9 Å². The fourth-order valence-corrected chi connectivity index (χ4v) is 1.79. The Bertz CT molecular complexity index is 402. The summed E-state index contributed by atoms with van der Waals surface area (Å²) in [7, 11) is 3.10. The minimum atomic E-state index is -0.908. The number of hydrogen-bond acceptors (Lipinski definition) is 4. The van der Waals surface area contributed by atoms with Gasteiger partial charge in [-0.25, -0.2) is 0 Å². The number of aliphatic carboxylic acids is 1. The molecule has 0 aliphatic carbocycles. The van der Waals surface area contributed by atoms with Gasteiger partial charge in [-0.05, 0) is 30.0 Å². The van der Waals surface area contributed by atoms with Gasteiger partial charge in [0.25, 0.3) is 0 Å². The molecule has 0 aliphatic heterocycles. The second kappa shape index (κ2) is 6.86. The molecule has 0 saturated heterocycles. The van der Waals surface area contributed by atoms with Crippen molar-refractivity contribution < 1.29 is 24.5 Å². The highest BCUT2D eigenvalue weighted by Gasteiger charge is 2.14. The molecular weight excluding hydrogens is 236 g/mol. The zero-order valence-electron chi connectivity index (χ0n) is 10.5. The van der Waals surface area contributed by atoms with Gasteiger partial charge in [-0.3, -0.25) is 4.79 Å². The van der Waals surface area contributed by atoms with Crippen molar-refractivity contribution in [1.29, 1.82) is 0 Å². The molecule has 1 atom stereocenters. The van der Waals surface area contributed by atoms with E-state index < -0.39 is 5.97 Å². The van der Waals surface area contributed by atoms with Crippen LogP contribution in [0.25, 0.3) is 0 Å². The number of carboxylic acid groups (broad SMARTS) is 1. The third-order valence-electron chi connectivity index (χ3n) is 2.69. The normalized spacial score (nSPS) is 11.9. The number of hydrogen-bond donors (Lipinski definition) is 2. The molecule has 0 bridgehead atoms. The monoisotopic (exact) mass is 254 g/mol. The van der Waals surface area contributed by atoms with Gasteiger partial charge in [0.2, 0.25) is 0 Å². The summed E-state index contributed by atoms with van der Waals surface area (Å²) in [6.07, 6.45) is 0.438. The number of rotatable bonds is 7. The van der Waals surface area contributed by atoms with Crippen LogP contribution in [0.2, 0.25) is 0 Å². The lowest BCUT2D eigenvalue weighted by atomic mass is 9.97. The lowest BCUT2D eigenvalue weighted by Gasteiger charge is -2.13. The highest BCUT2D eigenvalue weighted by Crippen LogP contribution is 2.28. The smallest absolute Gasteiger partial charge is 0.303 e. The van der Waals surface area contributed by atoms with E-state index in [0.29, 0.717) is 17.9 Å². The number of ether oxygens (including phenoxy) is 2. The predicted molar refractivity (Wildman–Crippen MR) is 66.1 cm³/mol. The van der Waals surface area contributed by atoms with E-state index in [9.17, 15) is 4.79 Å². The van der Waals surface area contributed by atoms with Crippen molar-refractivity contribution >= 4 is 5.97 Å². The van der Waals surface area contributed by atoms with E-state index in [1.54, 1.807) is 26.4 Å². The molecule has 1 aromatic rings. The first-order valence-corrected chi connectivity index (χ1v) is 5.64. The van der Waals surface area contributed by atoms with Crippen molar-refractivity contribution in [3.63, 3.8) is 0 Å². The summed E-state index contributed by atoms with van der Waals surface area (Å²) in [6.45, 7) is -0.152. The van der Waals surface area contributed by atoms with Gasteiger partial charge in [0.05, 0.1) is 20.6 Å². The molecule has 5 heteroatoms. The van der Waals surface area contributed by atoms with Crippen LogP contribution in [-0.4, -0.2) is 37.0 Å². The maximum absolute atomic E-state index is 10.6. The van der Waals surface area contributed by atoms with E-state index in [2.05, 4.69) is 0 Å². The first-order valence-electron chi connectivity index (χ1n) is 5.64. The maximum atomic E-state index is 10.6. The Morgan fingerprint density at radius 1 is 1.28 bits per heavy atom. The third-order valence-corrected chi connectivity index (χ3v) is 2.69. The summed E-state index contributed by atoms with van der Waals surface area (Å²) in [4.78, 5) is 10.6. The van der Waals surface area contributed by atoms with Gasteiger partial charge in [0.15, 0.2) is 11.5 Å². The minimum absolute atomic E-state index is 0.0507. The van der Waals surface area contributed by atoms with Crippen LogP contribution in [0, 0.1) is 5.92 Å². The van der Waals surface area contributed by atoms with Crippen molar-refractivity contribution in [2.45, 2.75) is 12.8 Å². The van der Waals surface area contributed by atoms with Crippen molar-refractivity contribution in [1.82, 2.24) is 0 Å². The Balaban J connectivity index is 2.80. The van der Waals surface area contributed by atoms with Crippen molar-refractivity contribution in [2.75, 3.05) is 20.8 Å². The first-order chi connectivity index (χ1) is 8.60. The van der Waals surface area contributed by atoms with Crippen LogP contribution >= 0.6 is 0 Å². The largest absolute Gasteiger partial charge is 0.493 e. The highest BCUT2D eigenvalue weighted by atomic mass is 16.5. The van der Waals surface area contributed by atoms with Crippen LogP contribution in [0.15, 0.2) is 18.2 Å². The maximum Gasteiger partial charge on any atom is 0.303 e. The van der Waals surface area contributed by atoms with Gasteiger partial charge in [0.1, 0.15) is 0 Å². The van der Waals surface area contributed by atoms with Gasteiger partial charge < -0.3 is 19.7 Å². The minimum Gasteiger partial charge on any atom is -0.493 e. The Labute approximate surface area is 106 Å². The summed E-state index contributed by atoms with van der Waals surface area (Å²) in [6, 6.07) is 5.40. The SMILES string of the molecule is COc1ccc(CC(CO)CC(=O)O)cc1OC. The zero-order valence-corrected chi connectivity index (χ0v) is 10.5. The van der Waals surface area contributed by atoms with Gasteiger partial charge in [-0.2, -0.15) is 0 Å². The van der Waals surface area contributed by atoms with E-state index in [4.69, 9.17) is 19.7 Å². The highest BCUT2D eigenvalue weighted by molar-refractivity contribution is 5.67. The molecule has 1 rings (SSSR count). The quantitative estimate of drug-likeness (QED) is 0.767. The molecule has 0 radical (unpaired) electrons. The summed E-state index contributed by atoms with van der Waals surface area (Å²) in [5.74, 6) is 0.0252. The van der Waals surface area contributed by atoms with Crippen molar-refractivity contribution in [2.24, 2.45) is 5.92 Å². The summed E-state index contributed by atoms with van der Waals surface area (Å²) < 4.78 is 10.3. The molecule has 0 aliphatic rings. The van der Waals surface area contributed by atoms with E-state index in [1.165, 1.54) is 0 Å². The standard InChI is InChI=1S/C13H18O5/c1-17-11-4-3-9(6-12(11)18-2)5-10(8-14)7-13(15)16/h3-4,6,10,14H,5,7-8H2,1-2H3,(H,15,16). The lowest BCUT2D eigenvalue weighted by molar-refractivity contribution is -0.138. The molecule has 0 saturated carbocycles. The molecular formula is C13H18O5. The molecule has 0 amide bonds. The van der Waals surface area contributed by atoms with Gasteiger partial charge in [-0.15, -0.1) is 0 Å². The number of aliphatic hydroxyl groups excluding tert-OH is 1. The number of aliphatic hydroxyl groups is 1. The van der Waals surface area contributed by atoms with E-state index in [1.807, 2.05) is 6.07 Å². The molecule has 0 fully saturated rings. The topological polar surface area (TPSA) is 76.0 Å². The molecule has 2 N–H and O–H groups in total. The van der Waals surface area contributed by atoms with Gasteiger partial charge in [-0.1, -0.05) is 6.07 Å². The van der Waals surface area contributed by atoms with Crippen LogP contribution < -0.4 is 9.47 Å². The third kappa shape index (κ3) is 3.92. The van der Waals surface area contributed by atoms with Crippen molar-refractivity contribution in [3.8, 4) is 11.5 Å². The Kier molecular flexibility index (Phi) is 5.45. The van der Waals surface area contributed by atoms with Gasteiger partial charge >= 0.3 is 5.97 Å². The Hall–Kier alpha value is -1.75. The molecule has 5 nitrogen and oxygen atoms in total. The number of benzene rings is 1. The zero-order chi connectivity index (χ0) is 13.5. The van der Waals surface area contributed by atoms with Crippen molar-refractivity contribution in [3.05, 3.63) is 23.8 Å². The molecule has 0 spiro atoms. The Morgan fingerprint density at radius 3 is 2.44 bits per heavy atom.